The van der Waals surface area contributed by atoms with E-state index in [4.69, 9.17) is 0 Å². The Bertz CT molecular complexity index is 526. The lowest BCUT2D eigenvalue weighted by Crippen LogP contribution is -2.47. The van der Waals surface area contributed by atoms with Gasteiger partial charge in [0.1, 0.15) is 0 Å². The van der Waals surface area contributed by atoms with Crippen LogP contribution in [0, 0.1) is 5.92 Å². The zero-order valence-corrected chi connectivity index (χ0v) is 15.5. The van der Waals surface area contributed by atoms with Gasteiger partial charge >= 0.3 is 0 Å². The summed E-state index contributed by atoms with van der Waals surface area (Å²) in [5.41, 5.74) is 3.39. The molecule has 24 heavy (non-hydrogen) atoms. The second kappa shape index (κ2) is 8.63. The predicted molar refractivity (Wildman–Crippen MR) is 99.3 cm³/mol. The van der Waals surface area contributed by atoms with Crippen LogP contribution in [0.4, 0.5) is 5.69 Å². The normalized spacial score (nSPS) is 19.0. The number of likely N-dealkylation sites (tertiary alicyclic amines) is 1. The number of aryl methyl sites for hydroxylation is 2. The Hall–Kier alpha value is -1.39. The highest BCUT2D eigenvalue weighted by atomic mass is 16.3. The number of carbonyl (C=O) groups excluding carboxylic acids is 1. The first-order chi connectivity index (χ1) is 11.5. The van der Waals surface area contributed by atoms with Gasteiger partial charge in [-0.2, -0.15) is 0 Å². The lowest BCUT2D eigenvalue weighted by molar-refractivity contribution is -0.121. The molecule has 1 aliphatic heterocycles. The fraction of sp³-hybridized carbons (Fsp3) is 0.650. The van der Waals surface area contributed by atoms with Gasteiger partial charge in [-0.05, 0) is 69.7 Å². The standard InChI is InChI=1S/C20H32N2O2/c1-5-16-8-7-9-17(6-2)19(16)21-20(24)14(3)22-12-10-18(11-13-22)15(4)23/h7-9,14-15,18,23H,5-6,10-13H2,1-4H3,(H,21,24). The molecule has 2 rings (SSSR count). The average Bonchev–Trinajstić information content (AvgIpc) is 2.61. The number of amides is 1. The molecular weight excluding hydrogens is 300 g/mol. The second-order valence-electron chi connectivity index (χ2n) is 6.94. The Labute approximate surface area is 146 Å². The van der Waals surface area contributed by atoms with Gasteiger partial charge in [0, 0.05) is 5.69 Å². The van der Waals surface area contributed by atoms with Crippen molar-refractivity contribution < 1.29 is 9.90 Å². The number of aliphatic hydroxyl groups excluding tert-OH is 1. The number of aliphatic hydroxyl groups is 1. The summed E-state index contributed by atoms with van der Waals surface area (Å²) in [4.78, 5) is 15.0. The maximum Gasteiger partial charge on any atom is 0.241 e. The molecule has 1 saturated heterocycles. The summed E-state index contributed by atoms with van der Waals surface area (Å²) < 4.78 is 0. The summed E-state index contributed by atoms with van der Waals surface area (Å²) in [6.45, 7) is 9.84. The number of nitrogens with one attached hydrogen (secondary N) is 1. The van der Waals surface area contributed by atoms with E-state index < -0.39 is 0 Å². The molecule has 4 nitrogen and oxygen atoms in total. The van der Waals surface area contributed by atoms with Gasteiger partial charge in [-0.1, -0.05) is 32.0 Å². The van der Waals surface area contributed by atoms with Crippen molar-refractivity contribution in [3.8, 4) is 0 Å². The van der Waals surface area contributed by atoms with E-state index >= 15 is 0 Å². The summed E-state index contributed by atoms with van der Waals surface area (Å²) in [5, 5.41) is 12.9. The lowest BCUT2D eigenvalue weighted by atomic mass is 9.91. The molecule has 2 N–H and O–H groups in total. The van der Waals surface area contributed by atoms with Gasteiger partial charge in [0.05, 0.1) is 12.1 Å². The summed E-state index contributed by atoms with van der Waals surface area (Å²) in [6.07, 6.45) is 3.50. The van der Waals surface area contributed by atoms with Gasteiger partial charge in [0.2, 0.25) is 5.91 Å². The molecule has 1 aliphatic rings. The van der Waals surface area contributed by atoms with Crippen LogP contribution in [0.3, 0.4) is 0 Å². The summed E-state index contributed by atoms with van der Waals surface area (Å²) in [5.74, 6) is 0.435. The molecule has 0 aliphatic carbocycles. The van der Waals surface area contributed by atoms with Crippen molar-refractivity contribution in [1.82, 2.24) is 4.90 Å². The van der Waals surface area contributed by atoms with E-state index in [-0.39, 0.29) is 18.1 Å². The van der Waals surface area contributed by atoms with Crippen molar-refractivity contribution in [3.05, 3.63) is 29.3 Å². The Balaban J connectivity index is 2.03. The topological polar surface area (TPSA) is 52.6 Å². The summed E-state index contributed by atoms with van der Waals surface area (Å²) >= 11 is 0. The van der Waals surface area contributed by atoms with E-state index in [1.165, 1.54) is 11.1 Å². The first-order valence-electron chi connectivity index (χ1n) is 9.31. The monoisotopic (exact) mass is 332 g/mol. The maximum absolute atomic E-state index is 12.8. The van der Waals surface area contributed by atoms with Crippen LogP contribution in [0.15, 0.2) is 18.2 Å². The molecule has 2 atom stereocenters. The molecule has 134 valence electrons. The largest absolute Gasteiger partial charge is 0.393 e. The van der Waals surface area contributed by atoms with Crippen LogP contribution in [0.25, 0.3) is 0 Å². The third-order valence-electron chi connectivity index (χ3n) is 5.43. The van der Waals surface area contributed by atoms with Crippen LogP contribution in [0.5, 0.6) is 0 Å². The number of hydrogen-bond acceptors (Lipinski definition) is 3. The number of anilines is 1. The van der Waals surface area contributed by atoms with Gasteiger partial charge in [0.15, 0.2) is 0 Å². The van der Waals surface area contributed by atoms with Crippen LogP contribution >= 0.6 is 0 Å². The minimum absolute atomic E-state index is 0.0705. The zero-order valence-electron chi connectivity index (χ0n) is 15.5. The van der Waals surface area contributed by atoms with Crippen molar-refractivity contribution in [2.24, 2.45) is 5.92 Å². The average molecular weight is 332 g/mol. The molecule has 1 aromatic carbocycles. The number of nitrogens with zero attached hydrogens (tertiary/aromatic N) is 1. The number of piperidine rings is 1. The first-order valence-corrected chi connectivity index (χ1v) is 9.31. The lowest BCUT2D eigenvalue weighted by Gasteiger charge is -2.36. The quantitative estimate of drug-likeness (QED) is 0.841. The number of rotatable bonds is 6. The van der Waals surface area contributed by atoms with Crippen molar-refractivity contribution in [2.75, 3.05) is 18.4 Å². The SMILES string of the molecule is CCc1cccc(CC)c1NC(=O)C(C)N1CCC(C(C)O)CC1. The molecule has 0 bridgehead atoms. The minimum atomic E-state index is -0.250. The molecule has 1 heterocycles. The van der Waals surface area contributed by atoms with Crippen molar-refractivity contribution in [1.29, 1.82) is 0 Å². The number of carbonyl (C=O) groups is 1. The van der Waals surface area contributed by atoms with E-state index in [2.05, 4.69) is 42.3 Å². The Morgan fingerprint density at radius 3 is 2.21 bits per heavy atom. The summed E-state index contributed by atoms with van der Waals surface area (Å²) in [7, 11) is 0. The van der Waals surface area contributed by atoms with Gasteiger partial charge in [-0.15, -0.1) is 0 Å². The Morgan fingerprint density at radius 2 is 1.75 bits per heavy atom. The van der Waals surface area contributed by atoms with E-state index in [1.54, 1.807) is 0 Å². The Kier molecular flexibility index (Phi) is 6.81. The Morgan fingerprint density at radius 1 is 1.21 bits per heavy atom. The van der Waals surface area contributed by atoms with Gasteiger partial charge in [-0.3, -0.25) is 9.69 Å². The van der Waals surface area contributed by atoms with E-state index in [9.17, 15) is 9.90 Å². The number of para-hydroxylation sites is 1. The first kappa shape index (κ1) is 18.9. The molecular formula is C20H32N2O2. The van der Waals surface area contributed by atoms with Gasteiger partial charge in [0.25, 0.3) is 0 Å². The highest BCUT2D eigenvalue weighted by molar-refractivity contribution is 5.96. The van der Waals surface area contributed by atoms with E-state index in [0.717, 1.165) is 44.5 Å². The molecule has 1 aromatic rings. The highest BCUT2D eigenvalue weighted by Crippen LogP contribution is 2.25. The van der Waals surface area contributed by atoms with E-state index in [0.29, 0.717) is 5.92 Å². The molecule has 1 fully saturated rings. The molecule has 0 saturated carbocycles. The number of hydrogen-bond donors (Lipinski definition) is 2. The third kappa shape index (κ3) is 4.37. The zero-order chi connectivity index (χ0) is 17.7. The van der Waals surface area contributed by atoms with Crippen LogP contribution < -0.4 is 5.32 Å². The maximum atomic E-state index is 12.8. The van der Waals surface area contributed by atoms with Crippen LogP contribution in [-0.4, -0.2) is 41.1 Å². The van der Waals surface area contributed by atoms with Crippen LogP contribution in [0.2, 0.25) is 0 Å². The van der Waals surface area contributed by atoms with E-state index in [1.807, 2.05) is 13.8 Å². The smallest absolute Gasteiger partial charge is 0.241 e. The molecule has 0 radical (unpaired) electrons. The molecule has 4 heteroatoms. The summed E-state index contributed by atoms with van der Waals surface area (Å²) in [6, 6.07) is 6.10. The molecule has 0 spiro atoms. The highest BCUT2D eigenvalue weighted by Gasteiger charge is 2.28. The second-order valence-corrected chi connectivity index (χ2v) is 6.94. The predicted octanol–water partition coefficient (Wildman–Crippen LogP) is 3.23. The van der Waals surface area contributed by atoms with Crippen molar-refractivity contribution >= 4 is 11.6 Å². The van der Waals surface area contributed by atoms with Crippen molar-refractivity contribution in [2.45, 2.75) is 65.5 Å². The fourth-order valence-electron chi connectivity index (χ4n) is 3.59. The number of benzene rings is 1. The minimum Gasteiger partial charge on any atom is -0.393 e. The van der Waals surface area contributed by atoms with Crippen LogP contribution in [-0.2, 0) is 17.6 Å². The van der Waals surface area contributed by atoms with Gasteiger partial charge in [-0.25, -0.2) is 0 Å². The molecule has 2 unspecified atom stereocenters. The molecule has 1 amide bonds. The van der Waals surface area contributed by atoms with Crippen LogP contribution in [0.1, 0.15) is 51.7 Å². The molecule has 0 aromatic heterocycles. The fourth-order valence-corrected chi connectivity index (χ4v) is 3.59. The third-order valence-corrected chi connectivity index (χ3v) is 5.43. The van der Waals surface area contributed by atoms with Crippen molar-refractivity contribution in [3.63, 3.8) is 0 Å². The van der Waals surface area contributed by atoms with Gasteiger partial charge < -0.3 is 10.4 Å².